The van der Waals surface area contributed by atoms with Crippen LogP contribution in [0.2, 0.25) is 25.1 Å². The summed E-state index contributed by atoms with van der Waals surface area (Å²) < 4.78 is 36.1. The van der Waals surface area contributed by atoms with E-state index in [4.69, 9.17) is 73.0 Å². The average Bonchev–Trinajstić information content (AvgIpc) is 1.49. The lowest BCUT2D eigenvalue weighted by Crippen LogP contribution is -2.60. The maximum Gasteiger partial charge on any atom is 0.325 e. The third-order valence-corrected chi connectivity index (χ3v) is 21.7. The number of imide groups is 1. The number of nitrogens with zero attached hydrogens (tertiary/aromatic N) is 10. The smallest absolute Gasteiger partial charge is 0.325 e. The molecule has 9 N–H and O–H groups in total. The van der Waals surface area contributed by atoms with Crippen molar-refractivity contribution in [2.75, 3.05) is 85.7 Å². The molecule has 3 amide bonds. The second-order valence-electron chi connectivity index (χ2n) is 26.7. The van der Waals surface area contributed by atoms with Gasteiger partial charge in [-0.15, -0.1) is 0 Å². The van der Waals surface area contributed by atoms with E-state index < -0.39 is 32.3 Å². The number of ether oxygens (including phenoxy) is 1. The van der Waals surface area contributed by atoms with Crippen molar-refractivity contribution in [3.05, 3.63) is 122 Å². The van der Waals surface area contributed by atoms with Crippen LogP contribution in [0.3, 0.4) is 0 Å². The molecule has 0 radical (unpaired) electrons. The van der Waals surface area contributed by atoms with Crippen LogP contribution in [0.4, 0.5) is 27.7 Å². The molecular weight excluding hydrogens is 1380 g/mol. The number of sulfonamides is 1. The lowest BCUT2D eigenvalue weighted by Gasteiger charge is -2.46. The van der Waals surface area contributed by atoms with E-state index in [2.05, 4.69) is 66.0 Å². The number of benzene rings is 5. The number of hydrogen-bond donors (Lipinski definition) is 8. The van der Waals surface area contributed by atoms with Gasteiger partial charge in [0.15, 0.2) is 17.2 Å². The molecule has 98 heavy (non-hydrogen) atoms. The van der Waals surface area contributed by atoms with Crippen LogP contribution in [0.25, 0.3) is 54.6 Å². The number of amides is 3. The molecule has 1 spiro atoms. The van der Waals surface area contributed by atoms with Gasteiger partial charge in [0.25, 0.3) is 5.91 Å². The van der Waals surface area contributed by atoms with Gasteiger partial charge in [-0.3, -0.25) is 34.9 Å². The first-order valence-corrected chi connectivity index (χ1v) is 36.1. The third kappa shape index (κ3) is 14.6. The van der Waals surface area contributed by atoms with Crippen LogP contribution >= 0.6 is 58.0 Å². The number of urea groups is 1. The number of carbonyl (C=O) groups excluding carboxylic acids is 3. The molecule has 31 heteroatoms. The zero-order valence-corrected chi connectivity index (χ0v) is 59.3. The SMILES string of the molecule is CC(C)N1C(=O)NC2(CCN(c3cc(Cl)cc4[nH]ncc34)CC2)C1=O.CC1(C)CN(c2cc(Cl)cc3c(N)noc23)CCN1S(C)(=O)=O.O=C1CCCN(c2cc(Cl)cc3[nH]ncc23)C1.OC1(c2cc(Cl)cc3[nH]ncc23)CCCC1.OC1(c2cc(Cl)cc3[nH]ncc23)CCOCC1. The van der Waals surface area contributed by atoms with Gasteiger partial charge in [0.2, 0.25) is 10.0 Å². The Bertz CT molecular complexity index is 4730. The van der Waals surface area contributed by atoms with E-state index in [0.29, 0.717) is 121 Å². The topological polar surface area (TPSA) is 330 Å². The number of hydrogen-bond acceptors (Lipinski definition) is 18. The molecule has 5 aromatic carbocycles. The number of fused-ring (bicyclic) bond motifs is 5. The van der Waals surface area contributed by atoms with Crippen LogP contribution in [-0.4, -0.2) is 174 Å². The molecule has 6 aliphatic rings. The molecule has 10 heterocycles. The highest BCUT2D eigenvalue weighted by atomic mass is 35.5. The van der Waals surface area contributed by atoms with Gasteiger partial charge < -0.3 is 45.2 Å². The lowest BCUT2D eigenvalue weighted by molar-refractivity contribution is -0.133. The van der Waals surface area contributed by atoms with Gasteiger partial charge in [-0.2, -0.15) is 24.7 Å². The van der Waals surface area contributed by atoms with Crippen molar-refractivity contribution in [1.29, 1.82) is 0 Å². The Morgan fingerprint density at radius 3 is 1.55 bits per heavy atom. The Morgan fingerprint density at radius 1 is 0.571 bits per heavy atom. The molecule has 6 fully saturated rings. The number of H-pyrrole nitrogens is 4. The maximum absolute atomic E-state index is 12.8. The maximum atomic E-state index is 12.8. The number of piperazine rings is 1. The standard InChI is InChI=1S/C17H20ClN5O2.C14H19ClN4O3S.C12H12ClN3O.C12H13ClN2O2.C12H13ClN2O/c1-10(2)23-15(24)17(20-16(23)25)3-5-22(6-4-17)14-8-11(18)7-13-12(14)9-19-21-13;1-14(2)8-18(4-5-19(14)23(3,20)21)11-7-9(15)6-10-12(11)22-17-13(10)16;13-8-4-11-10(6-14-15-11)12(5-8)16-3-1-2-9(17)7-16;13-8-5-10(9-7-14-15-11(9)6-8)12(16)1-3-17-4-2-12;13-8-5-10(12(16)3-1-2-4-12)9-7-14-15-11(9)6-8/h7-10H,3-6H2,1-2H3,(H,19,21)(H,20,25);6-7H,4-5,8H2,1-3H3,(H2,16,17);4-6H,1-3,7H2,(H,14,15);5-7,16H,1-4H2,(H,14,15);5-7,16H,1-4H2,(H,14,15). The largest absolute Gasteiger partial charge is 0.385 e. The molecule has 10 aromatic rings. The first-order valence-electron chi connectivity index (χ1n) is 32.4. The number of ketones is 1. The molecular formula is C67H77Cl5N16O9S. The molecule has 16 rings (SSSR count). The van der Waals surface area contributed by atoms with Crippen molar-refractivity contribution in [1.82, 2.24) is 60.5 Å². The summed E-state index contributed by atoms with van der Waals surface area (Å²) in [5.41, 5.74) is 11.6. The number of nitrogens with one attached hydrogen (secondary N) is 5. The summed E-state index contributed by atoms with van der Waals surface area (Å²) in [6.45, 7) is 12.8. The number of carbonyl (C=O) groups is 3. The zero-order valence-electron chi connectivity index (χ0n) is 54.7. The second-order valence-corrected chi connectivity index (χ2v) is 30.8. The molecule has 1 aliphatic carbocycles. The van der Waals surface area contributed by atoms with E-state index in [1.165, 1.54) is 15.5 Å². The number of nitrogens with two attached hydrogens (primary N) is 1. The normalized spacial score (nSPS) is 19.2. The predicted octanol–water partition coefficient (Wildman–Crippen LogP) is 12.0. The Hall–Kier alpha value is -7.50. The predicted molar refractivity (Wildman–Crippen MR) is 383 cm³/mol. The fourth-order valence-electron chi connectivity index (χ4n) is 14.4. The van der Waals surface area contributed by atoms with Gasteiger partial charge in [0.05, 0.1) is 81.9 Å². The Labute approximate surface area is 589 Å². The fraction of sp³-hybridized carbons (Fsp3) is 0.433. The molecule has 5 aromatic heterocycles. The van der Waals surface area contributed by atoms with E-state index >= 15 is 0 Å². The van der Waals surface area contributed by atoms with Gasteiger partial charge in [0, 0.05) is 141 Å². The summed E-state index contributed by atoms with van der Waals surface area (Å²) in [5, 5.41) is 63.5. The number of aliphatic hydroxyl groups is 2. The lowest BCUT2D eigenvalue weighted by atomic mass is 9.85. The van der Waals surface area contributed by atoms with E-state index in [1.54, 1.807) is 36.9 Å². The van der Waals surface area contributed by atoms with Crippen molar-refractivity contribution in [2.45, 2.75) is 120 Å². The highest BCUT2D eigenvalue weighted by Gasteiger charge is 2.53. The number of aromatic nitrogens is 9. The van der Waals surface area contributed by atoms with Crippen LogP contribution < -0.4 is 25.8 Å². The third-order valence-electron chi connectivity index (χ3n) is 19.2. The molecule has 0 bridgehead atoms. The van der Waals surface area contributed by atoms with Crippen molar-refractivity contribution in [2.24, 2.45) is 0 Å². The minimum Gasteiger partial charge on any atom is -0.385 e. The molecule has 5 aliphatic heterocycles. The molecule has 25 nitrogen and oxygen atoms in total. The van der Waals surface area contributed by atoms with E-state index in [0.717, 1.165) is 110 Å². The van der Waals surface area contributed by atoms with Crippen LogP contribution in [0.15, 0.2) is 90.0 Å². The molecule has 0 unspecified atom stereocenters. The fourth-order valence-corrected chi connectivity index (χ4v) is 16.8. The van der Waals surface area contributed by atoms with Crippen LogP contribution in [-0.2, 0) is 35.6 Å². The Morgan fingerprint density at radius 2 is 1.05 bits per heavy atom. The Kier molecular flexibility index (Phi) is 20.3. The van der Waals surface area contributed by atoms with Crippen molar-refractivity contribution >= 4 is 163 Å². The van der Waals surface area contributed by atoms with Crippen LogP contribution in [0, 0.1) is 0 Å². The first-order chi connectivity index (χ1) is 46.6. The molecule has 520 valence electrons. The van der Waals surface area contributed by atoms with E-state index in [1.807, 2.05) is 76.2 Å². The Balaban J connectivity index is 0.000000118. The van der Waals surface area contributed by atoms with Gasteiger partial charge in [-0.1, -0.05) is 76.0 Å². The number of Topliss-reactive ketones (excluding diaryl/α,β-unsaturated/α-hetero) is 1. The molecule has 0 atom stereocenters. The number of anilines is 4. The van der Waals surface area contributed by atoms with Crippen LogP contribution in [0.1, 0.15) is 103 Å². The van der Waals surface area contributed by atoms with Gasteiger partial charge in [0.1, 0.15) is 5.54 Å². The highest BCUT2D eigenvalue weighted by molar-refractivity contribution is 7.88. The summed E-state index contributed by atoms with van der Waals surface area (Å²) in [6, 6.07) is 17.9. The van der Waals surface area contributed by atoms with Gasteiger partial charge in [-0.05, 0) is 132 Å². The van der Waals surface area contributed by atoms with E-state index in [-0.39, 0.29) is 29.6 Å². The minimum absolute atomic E-state index is 0.105. The number of piperidine rings is 2. The van der Waals surface area contributed by atoms with Crippen molar-refractivity contribution < 1.29 is 42.3 Å². The molecule has 5 saturated heterocycles. The number of nitrogen functional groups attached to an aromatic ring is 1. The summed E-state index contributed by atoms with van der Waals surface area (Å²) in [7, 11) is -3.26. The minimum atomic E-state index is -3.26. The summed E-state index contributed by atoms with van der Waals surface area (Å²) in [6.07, 6.45) is 16.0. The van der Waals surface area contributed by atoms with Gasteiger partial charge in [-0.25, -0.2) is 13.2 Å². The average molecular weight is 1460 g/mol. The summed E-state index contributed by atoms with van der Waals surface area (Å²) in [4.78, 5) is 44.2. The quantitative estimate of drug-likeness (QED) is 0.0687. The molecule has 1 saturated carbocycles. The highest BCUT2D eigenvalue weighted by Crippen LogP contribution is 2.44. The number of rotatable bonds is 7. The first kappa shape index (κ1) is 70.4. The second kappa shape index (κ2) is 28.3. The number of aromatic amines is 4. The number of halogens is 5. The van der Waals surface area contributed by atoms with Crippen molar-refractivity contribution in [3.8, 4) is 0 Å². The van der Waals surface area contributed by atoms with E-state index in [9.17, 15) is 33.0 Å². The summed E-state index contributed by atoms with van der Waals surface area (Å²) >= 11 is 30.6. The monoisotopic (exact) mass is 1460 g/mol. The zero-order chi connectivity index (χ0) is 69.6. The van der Waals surface area contributed by atoms with Gasteiger partial charge >= 0.3 is 6.03 Å². The van der Waals surface area contributed by atoms with Crippen molar-refractivity contribution in [3.63, 3.8) is 0 Å². The summed E-state index contributed by atoms with van der Waals surface area (Å²) in [5.74, 6) is 0.470. The van der Waals surface area contributed by atoms with Crippen LogP contribution in [0.5, 0.6) is 0 Å².